The van der Waals surface area contributed by atoms with Crippen molar-refractivity contribution in [3.8, 4) is 5.88 Å². The number of aromatic nitrogens is 1. The van der Waals surface area contributed by atoms with E-state index >= 15 is 0 Å². The van der Waals surface area contributed by atoms with Crippen LogP contribution in [0.3, 0.4) is 0 Å². The molecular formula is C21H27N3O3. The average Bonchev–Trinajstić information content (AvgIpc) is 2.65. The summed E-state index contributed by atoms with van der Waals surface area (Å²) in [7, 11) is 0. The summed E-state index contributed by atoms with van der Waals surface area (Å²) >= 11 is 0. The van der Waals surface area contributed by atoms with Crippen LogP contribution < -0.4 is 15.4 Å². The molecule has 27 heavy (non-hydrogen) atoms. The second-order valence-corrected chi connectivity index (χ2v) is 6.68. The number of aryl methyl sites for hydroxylation is 1. The molecule has 0 bridgehead atoms. The summed E-state index contributed by atoms with van der Waals surface area (Å²) in [4.78, 5) is 29.3. The van der Waals surface area contributed by atoms with E-state index in [9.17, 15) is 9.59 Å². The SMILES string of the molecule is CCOc1ncccc1CNC(=O)C(NC(=O)c1ccc(C)cc1)C(C)C. The number of nitrogens with one attached hydrogen (secondary N) is 2. The van der Waals surface area contributed by atoms with Crippen LogP contribution in [0.4, 0.5) is 0 Å². The lowest BCUT2D eigenvalue weighted by Gasteiger charge is -2.22. The molecular weight excluding hydrogens is 342 g/mol. The largest absolute Gasteiger partial charge is 0.478 e. The Morgan fingerprint density at radius 3 is 2.48 bits per heavy atom. The molecule has 0 saturated carbocycles. The Balaban J connectivity index is 2.02. The Kier molecular flexibility index (Phi) is 7.34. The smallest absolute Gasteiger partial charge is 0.251 e. The van der Waals surface area contributed by atoms with Gasteiger partial charge in [-0.05, 0) is 38.0 Å². The van der Waals surface area contributed by atoms with E-state index in [4.69, 9.17) is 4.74 Å². The number of amides is 2. The van der Waals surface area contributed by atoms with Crippen LogP contribution in [0, 0.1) is 12.8 Å². The number of ether oxygens (including phenoxy) is 1. The quantitative estimate of drug-likeness (QED) is 0.750. The molecule has 0 saturated heterocycles. The lowest BCUT2D eigenvalue weighted by atomic mass is 10.0. The maximum absolute atomic E-state index is 12.7. The van der Waals surface area contributed by atoms with Crippen molar-refractivity contribution in [1.82, 2.24) is 15.6 Å². The molecule has 1 aromatic heterocycles. The van der Waals surface area contributed by atoms with Crippen molar-refractivity contribution in [2.45, 2.75) is 40.3 Å². The van der Waals surface area contributed by atoms with Gasteiger partial charge in [0.1, 0.15) is 6.04 Å². The molecule has 2 aromatic rings. The van der Waals surface area contributed by atoms with Gasteiger partial charge in [-0.25, -0.2) is 4.98 Å². The third-order valence-electron chi connectivity index (χ3n) is 4.13. The van der Waals surface area contributed by atoms with Gasteiger partial charge in [0.2, 0.25) is 11.8 Å². The number of pyridine rings is 1. The molecule has 2 N–H and O–H groups in total. The maximum atomic E-state index is 12.7. The van der Waals surface area contributed by atoms with Crippen LogP contribution in [0.1, 0.15) is 42.3 Å². The molecule has 6 heteroatoms. The first-order valence-electron chi connectivity index (χ1n) is 9.14. The van der Waals surface area contributed by atoms with Crippen LogP contribution in [0.15, 0.2) is 42.6 Å². The highest BCUT2D eigenvalue weighted by Gasteiger charge is 2.24. The summed E-state index contributed by atoms with van der Waals surface area (Å²) in [5.74, 6) is -0.0539. The van der Waals surface area contributed by atoms with Gasteiger partial charge >= 0.3 is 0 Å². The molecule has 0 aliphatic carbocycles. The first-order chi connectivity index (χ1) is 12.9. The topological polar surface area (TPSA) is 80.3 Å². The number of benzene rings is 1. The van der Waals surface area contributed by atoms with Gasteiger partial charge in [0.05, 0.1) is 6.61 Å². The minimum atomic E-state index is -0.633. The highest BCUT2D eigenvalue weighted by atomic mass is 16.5. The van der Waals surface area contributed by atoms with Gasteiger partial charge in [-0.3, -0.25) is 9.59 Å². The zero-order valence-electron chi connectivity index (χ0n) is 16.3. The van der Waals surface area contributed by atoms with Gasteiger partial charge in [-0.15, -0.1) is 0 Å². The first-order valence-corrected chi connectivity index (χ1v) is 9.14. The van der Waals surface area contributed by atoms with Gasteiger partial charge < -0.3 is 15.4 Å². The van der Waals surface area contributed by atoms with E-state index in [-0.39, 0.29) is 24.3 Å². The first kappa shape index (κ1) is 20.4. The highest BCUT2D eigenvalue weighted by molar-refractivity contribution is 5.97. The summed E-state index contributed by atoms with van der Waals surface area (Å²) in [6.45, 7) is 8.42. The molecule has 0 fully saturated rings. The summed E-state index contributed by atoms with van der Waals surface area (Å²) in [6.07, 6.45) is 1.65. The van der Waals surface area contributed by atoms with Crippen molar-refractivity contribution in [2.75, 3.05) is 6.61 Å². The number of hydrogen-bond acceptors (Lipinski definition) is 4. The number of carbonyl (C=O) groups is 2. The van der Waals surface area contributed by atoms with Crippen LogP contribution in [0.25, 0.3) is 0 Å². The van der Waals surface area contributed by atoms with E-state index in [0.29, 0.717) is 18.1 Å². The molecule has 1 aromatic carbocycles. The van der Waals surface area contributed by atoms with Gasteiger partial charge in [-0.2, -0.15) is 0 Å². The molecule has 1 atom stereocenters. The van der Waals surface area contributed by atoms with E-state index in [0.717, 1.165) is 11.1 Å². The normalized spacial score (nSPS) is 11.7. The molecule has 1 unspecified atom stereocenters. The Morgan fingerprint density at radius 1 is 1.15 bits per heavy atom. The van der Waals surface area contributed by atoms with E-state index < -0.39 is 6.04 Å². The van der Waals surface area contributed by atoms with Crippen molar-refractivity contribution < 1.29 is 14.3 Å². The Bertz CT molecular complexity index is 772. The molecule has 0 aliphatic rings. The monoisotopic (exact) mass is 369 g/mol. The van der Waals surface area contributed by atoms with Gasteiger partial charge in [0, 0.05) is 23.9 Å². The Hall–Kier alpha value is -2.89. The van der Waals surface area contributed by atoms with Crippen molar-refractivity contribution in [3.05, 3.63) is 59.3 Å². The number of nitrogens with zero attached hydrogens (tertiary/aromatic N) is 1. The van der Waals surface area contributed by atoms with Crippen LogP contribution >= 0.6 is 0 Å². The number of hydrogen-bond donors (Lipinski definition) is 2. The van der Waals surface area contributed by atoms with Crippen LogP contribution in [0.2, 0.25) is 0 Å². The van der Waals surface area contributed by atoms with E-state index in [2.05, 4.69) is 15.6 Å². The zero-order chi connectivity index (χ0) is 19.8. The van der Waals surface area contributed by atoms with Crippen LogP contribution in [0.5, 0.6) is 5.88 Å². The molecule has 6 nitrogen and oxygen atoms in total. The third-order valence-corrected chi connectivity index (χ3v) is 4.13. The predicted molar refractivity (Wildman–Crippen MR) is 105 cm³/mol. The Labute approximate surface area is 160 Å². The van der Waals surface area contributed by atoms with Gasteiger partial charge in [0.15, 0.2) is 0 Å². The highest BCUT2D eigenvalue weighted by Crippen LogP contribution is 2.14. The number of carbonyl (C=O) groups excluding carboxylic acids is 2. The fourth-order valence-electron chi connectivity index (χ4n) is 2.58. The van der Waals surface area contributed by atoms with Crippen LogP contribution in [-0.2, 0) is 11.3 Å². The Morgan fingerprint density at radius 2 is 1.85 bits per heavy atom. The second kappa shape index (κ2) is 9.71. The lowest BCUT2D eigenvalue weighted by molar-refractivity contribution is -0.124. The van der Waals surface area contributed by atoms with Gasteiger partial charge in [0.25, 0.3) is 5.91 Å². The van der Waals surface area contributed by atoms with E-state index in [1.165, 1.54) is 0 Å². The molecule has 2 rings (SSSR count). The number of rotatable bonds is 8. The summed E-state index contributed by atoms with van der Waals surface area (Å²) in [5, 5.41) is 5.70. The minimum absolute atomic E-state index is 0.0559. The van der Waals surface area contributed by atoms with Crippen molar-refractivity contribution in [3.63, 3.8) is 0 Å². The summed E-state index contributed by atoms with van der Waals surface area (Å²) in [6, 6.07) is 10.3. The molecule has 0 aliphatic heterocycles. The van der Waals surface area contributed by atoms with Gasteiger partial charge in [-0.1, -0.05) is 37.6 Å². The van der Waals surface area contributed by atoms with Crippen molar-refractivity contribution >= 4 is 11.8 Å². The van der Waals surface area contributed by atoms with Crippen LogP contribution in [-0.4, -0.2) is 29.4 Å². The molecule has 2 amide bonds. The van der Waals surface area contributed by atoms with Crippen molar-refractivity contribution in [1.29, 1.82) is 0 Å². The lowest BCUT2D eigenvalue weighted by Crippen LogP contribution is -2.49. The molecule has 1 heterocycles. The van der Waals surface area contributed by atoms with E-state index in [1.54, 1.807) is 24.4 Å². The molecule has 144 valence electrons. The summed E-state index contributed by atoms with van der Waals surface area (Å²) in [5.41, 5.74) is 2.40. The molecule has 0 spiro atoms. The third kappa shape index (κ3) is 5.81. The standard InChI is InChI=1S/C21H27N3O3/c1-5-27-21-17(7-6-12-22-21)13-23-20(26)18(14(2)3)24-19(25)16-10-8-15(4)9-11-16/h6-12,14,18H,5,13H2,1-4H3,(H,23,26)(H,24,25). The maximum Gasteiger partial charge on any atom is 0.251 e. The zero-order valence-corrected chi connectivity index (χ0v) is 16.3. The minimum Gasteiger partial charge on any atom is -0.478 e. The fraction of sp³-hybridized carbons (Fsp3) is 0.381. The second-order valence-electron chi connectivity index (χ2n) is 6.68. The average molecular weight is 369 g/mol. The molecule has 0 radical (unpaired) electrons. The summed E-state index contributed by atoms with van der Waals surface area (Å²) < 4.78 is 5.48. The van der Waals surface area contributed by atoms with Crippen molar-refractivity contribution in [2.24, 2.45) is 5.92 Å². The predicted octanol–water partition coefficient (Wildman–Crippen LogP) is 2.86. The fourth-order valence-corrected chi connectivity index (χ4v) is 2.58. The van der Waals surface area contributed by atoms with E-state index in [1.807, 2.05) is 45.9 Å².